The molecule has 17 heavy (non-hydrogen) atoms. The van der Waals surface area contributed by atoms with E-state index in [1.54, 1.807) is 5.38 Å². The standard InChI is InChI=1S/C9H10BrN3O2S2/c1-9(2-3-9)12-8-11-6-5(10)4-16-7(6)17(14,15)13-8/h4H,2-3H2,1H3,(H2,11,12,13). The smallest absolute Gasteiger partial charge is 0.275 e. The van der Waals surface area contributed by atoms with Crippen LogP contribution in [0.15, 0.2) is 19.1 Å². The van der Waals surface area contributed by atoms with Crippen molar-refractivity contribution >= 4 is 48.9 Å². The van der Waals surface area contributed by atoms with Gasteiger partial charge in [0.1, 0.15) is 0 Å². The Balaban J connectivity index is 2.07. The third-order valence-electron chi connectivity index (χ3n) is 2.79. The minimum atomic E-state index is -3.47. The van der Waals surface area contributed by atoms with Crippen molar-refractivity contribution in [2.75, 3.05) is 5.32 Å². The highest BCUT2D eigenvalue weighted by Gasteiger charge is 2.39. The van der Waals surface area contributed by atoms with Crippen LogP contribution in [0.1, 0.15) is 19.8 Å². The fourth-order valence-electron chi connectivity index (χ4n) is 1.56. The summed E-state index contributed by atoms with van der Waals surface area (Å²) in [6, 6.07) is 0. The van der Waals surface area contributed by atoms with Gasteiger partial charge in [-0.05, 0) is 35.7 Å². The van der Waals surface area contributed by atoms with E-state index >= 15 is 0 Å². The highest BCUT2D eigenvalue weighted by Crippen LogP contribution is 2.41. The van der Waals surface area contributed by atoms with Gasteiger partial charge in [-0.15, -0.1) is 11.3 Å². The minimum Gasteiger partial charge on any atom is -0.323 e. The van der Waals surface area contributed by atoms with Crippen molar-refractivity contribution in [2.24, 2.45) is 4.99 Å². The molecule has 0 amide bonds. The van der Waals surface area contributed by atoms with Crippen molar-refractivity contribution in [1.29, 1.82) is 0 Å². The highest BCUT2D eigenvalue weighted by atomic mass is 79.9. The van der Waals surface area contributed by atoms with Crippen LogP contribution in [-0.4, -0.2) is 19.9 Å². The van der Waals surface area contributed by atoms with Crippen molar-refractivity contribution in [2.45, 2.75) is 29.5 Å². The number of fused-ring (bicyclic) bond motifs is 1. The second kappa shape index (κ2) is 3.46. The average Bonchev–Trinajstić information content (AvgIpc) is 2.79. The molecule has 0 unspecified atom stereocenters. The maximum Gasteiger partial charge on any atom is 0.275 e. The second-order valence-electron chi connectivity index (χ2n) is 4.43. The van der Waals surface area contributed by atoms with Gasteiger partial charge in [0.05, 0.1) is 15.7 Å². The van der Waals surface area contributed by atoms with E-state index in [1.165, 1.54) is 11.3 Å². The zero-order valence-electron chi connectivity index (χ0n) is 8.95. The Kier molecular flexibility index (Phi) is 2.34. The van der Waals surface area contributed by atoms with E-state index in [9.17, 15) is 8.42 Å². The number of halogens is 1. The van der Waals surface area contributed by atoms with Crippen LogP contribution in [0.4, 0.5) is 5.69 Å². The first-order valence-corrected chi connectivity index (χ1v) is 8.22. The molecule has 1 aliphatic heterocycles. The van der Waals surface area contributed by atoms with Crippen molar-refractivity contribution in [3.05, 3.63) is 9.85 Å². The van der Waals surface area contributed by atoms with E-state index < -0.39 is 10.0 Å². The van der Waals surface area contributed by atoms with Gasteiger partial charge >= 0.3 is 0 Å². The fourth-order valence-corrected chi connectivity index (χ4v) is 4.66. The fraction of sp³-hybridized carbons (Fsp3) is 0.444. The maximum atomic E-state index is 12.0. The van der Waals surface area contributed by atoms with Crippen LogP contribution in [0.5, 0.6) is 0 Å². The minimum absolute atomic E-state index is 0.106. The molecule has 1 aromatic heterocycles. The molecular formula is C9H10BrN3O2S2. The normalized spacial score (nSPS) is 25.9. The lowest BCUT2D eigenvalue weighted by Crippen LogP contribution is -2.40. The number of nitrogens with zero attached hydrogens (tertiary/aromatic N) is 1. The number of aliphatic imine (C=N–C) groups is 1. The maximum absolute atomic E-state index is 12.0. The summed E-state index contributed by atoms with van der Waals surface area (Å²) in [4.78, 5) is 4.39. The molecule has 2 aliphatic rings. The molecule has 0 atom stereocenters. The van der Waals surface area contributed by atoms with E-state index in [0.29, 0.717) is 15.9 Å². The summed E-state index contributed by atoms with van der Waals surface area (Å²) in [5, 5.41) is 4.77. The molecule has 0 spiro atoms. The summed E-state index contributed by atoms with van der Waals surface area (Å²) < 4.78 is 27.4. The van der Waals surface area contributed by atoms with Crippen LogP contribution < -0.4 is 10.0 Å². The van der Waals surface area contributed by atoms with Crippen molar-refractivity contribution in [3.63, 3.8) is 0 Å². The van der Waals surface area contributed by atoms with E-state index in [2.05, 4.69) is 31.0 Å². The molecule has 92 valence electrons. The number of hydrogen-bond donors (Lipinski definition) is 2. The van der Waals surface area contributed by atoms with Gasteiger partial charge in [0.2, 0.25) is 5.96 Å². The average molecular weight is 336 g/mol. The lowest BCUT2D eigenvalue weighted by atomic mass is 10.3. The number of thiophene rings is 1. The van der Waals surface area contributed by atoms with Gasteiger partial charge in [-0.25, -0.2) is 18.1 Å². The zero-order valence-corrected chi connectivity index (χ0v) is 12.2. The molecular weight excluding hydrogens is 326 g/mol. The third kappa shape index (κ3) is 1.98. The second-order valence-corrected chi connectivity index (χ2v) is 8.05. The Bertz CT molecular complexity index is 616. The Morgan fingerprint density at radius 3 is 2.88 bits per heavy atom. The van der Waals surface area contributed by atoms with Crippen molar-refractivity contribution in [1.82, 2.24) is 4.72 Å². The lowest BCUT2D eigenvalue weighted by molar-refractivity contribution is 0.593. The molecule has 0 radical (unpaired) electrons. The Hall–Kier alpha value is -0.600. The predicted octanol–water partition coefficient (Wildman–Crippen LogP) is 2.12. The van der Waals surface area contributed by atoms with Crippen LogP contribution in [0, 0.1) is 0 Å². The molecule has 0 bridgehead atoms. The van der Waals surface area contributed by atoms with Gasteiger partial charge in [-0.3, -0.25) is 0 Å². The molecule has 3 rings (SSSR count). The van der Waals surface area contributed by atoms with Crippen LogP contribution in [0.2, 0.25) is 0 Å². The van der Waals surface area contributed by atoms with E-state index in [-0.39, 0.29) is 5.54 Å². The Morgan fingerprint density at radius 2 is 2.24 bits per heavy atom. The van der Waals surface area contributed by atoms with E-state index in [1.807, 2.05) is 6.92 Å². The first-order valence-electron chi connectivity index (χ1n) is 5.06. The van der Waals surface area contributed by atoms with Gasteiger partial charge in [-0.1, -0.05) is 0 Å². The van der Waals surface area contributed by atoms with E-state index in [4.69, 9.17) is 0 Å². The topological polar surface area (TPSA) is 70.6 Å². The van der Waals surface area contributed by atoms with Gasteiger partial charge in [0.15, 0.2) is 4.21 Å². The van der Waals surface area contributed by atoms with Crippen LogP contribution in [-0.2, 0) is 10.0 Å². The molecule has 8 heteroatoms. The van der Waals surface area contributed by atoms with Gasteiger partial charge < -0.3 is 5.32 Å². The summed E-state index contributed by atoms with van der Waals surface area (Å²) in [5.74, 6) is 0.316. The molecule has 5 nitrogen and oxygen atoms in total. The Morgan fingerprint density at radius 1 is 1.53 bits per heavy atom. The number of anilines is 1. The molecule has 1 fully saturated rings. The van der Waals surface area contributed by atoms with E-state index in [0.717, 1.165) is 17.3 Å². The van der Waals surface area contributed by atoms with Crippen LogP contribution >= 0.6 is 27.3 Å². The van der Waals surface area contributed by atoms with Gasteiger partial charge in [0.25, 0.3) is 10.0 Å². The third-order valence-corrected chi connectivity index (χ3v) is 6.59. The molecule has 2 N–H and O–H groups in total. The number of guanidine groups is 1. The first-order chi connectivity index (χ1) is 7.90. The largest absolute Gasteiger partial charge is 0.323 e. The summed E-state index contributed by atoms with van der Waals surface area (Å²) in [6.45, 7) is 2.01. The monoisotopic (exact) mass is 335 g/mol. The number of sulfonamides is 1. The number of rotatable bonds is 1. The quantitative estimate of drug-likeness (QED) is 0.825. The SMILES string of the molecule is CC1(N=C2Nc3c(Br)csc3S(=O)(=O)N2)CC1. The Labute approximate surface area is 112 Å². The first kappa shape index (κ1) is 11.5. The summed E-state index contributed by atoms with van der Waals surface area (Å²) in [6.07, 6.45) is 2.00. The molecule has 1 saturated carbocycles. The van der Waals surface area contributed by atoms with Crippen molar-refractivity contribution in [3.8, 4) is 0 Å². The number of nitrogens with one attached hydrogen (secondary N) is 2. The highest BCUT2D eigenvalue weighted by molar-refractivity contribution is 9.10. The summed E-state index contributed by atoms with van der Waals surface area (Å²) in [7, 11) is -3.47. The van der Waals surface area contributed by atoms with Crippen LogP contribution in [0.3, 0.4) is 0 Å². The summed E-state index contributed by atoms with van der Waals surface area (Å²) in [5.41, 5.74) is 0.474. The van der Waals surface area contributed by atoms with Gasteiger partial charge in [0, 0.05) is 5.38 Å². The lowest BCUT2D eigenvalue weighted by Gasteiger charge is -2.20. The molecule has 2 heterocycles. The number of hydrogen-bond acceptors (Lipinski definition) is 4. The van der Waals surface area contributed by atoms with Gasteiger partial charge in [-0.2, -0.15) is 0 Å². The van der Waals surface area contributed by atoms with Crippen molar-refractivity contribution < 1.29 is 8.42 Å². The van der Waals surface area contributed by atoms with Crippen LogP contribution in [0.25, 0.3) is 0 Å². The molecule has 0 aromatic carbocycles. The molecule has 0 saturated heterocycles. The summed E-state index contributed by atoms with van der Waals surface area (Å²) >= 11 is 4.51. The zero-order chi connectivity index (χ0) is 12.3. The predicted molar refractivity (Wildman–Crippen MR) is 71.0 cm³/mol. The molecule has 1 aliphatic carbocycles. The molecule has 1 aromatic rings.